The molecule has 0 unspecified atom stereocenters. The summed E-state index contributed by atoms with van der Waals surface area (Å²) >= 11 is 8.12. The van der Waals surface area contributed by atoms with Crippen LogP contribution in [0.1, 0.15) is 50.0 Å². The van der Waals surface area contributed by atoms with Crippen molar-refractivity contribution in [3.8, 4) is 0 Å². The van der Waals surface area contributed by atoms with Crippen LogP contribution in [0.3, 0.4) is 0 Å². The Morgan fingerprint density at radius 1 is 1.35 bits per heavy atom. The molecular weight excluding hydrogens is 344 g/mol. The summed E-state index contributed by atoms with van der Waals surface area (Å²) in [5, 5.41) is 1.95. The summed E-state index contributed by atoms with van der Waals surface area (Å²) in [4.78, 5) is 11.0. The first-order valence-corrected chi connectivity index (χ1v) is 12.4. The normalized spacial score (nSPS) is 18.6. The fourth-order valence-electron chi connectivity index (χ4n) is 2.99. The minimum Gasteiger partial charge on any atom is -0.417 e. The Balaban J connectivity index is 1.75. The maximum absolute atomic E-state index is 6.37. The maximum atomic E-state index is 6.37. The number of halogens is 1. The largest absolute Gasteiger partial charge is 0.417 e. The van der Waals surface area contributed by atoms with Crippen molar-refractivity contribution in [3.05, 3.63) is 21.9 Å². The van der Waals surface area contributed by atoms with Gasteiger partial charge >= 0.3 is 0 Å². The minimum absolute atomic E-state index is 0.264. The van der Waals surface area contributed by atoms with Gasteiger partial charge in [-0.15, -0.1) is 11.3 Å². The highest BCUT2D eigenvalue weighted by Crippen LogP contribution is 2.46. The van der Waals surface area contributed by atoms with Gasteiger partial charge in [0.1, 0.15) is 16.3 Å². The van der Waals surface area contributed by atoms with E-state index in [4.69, 9.17) is 16.0 Å². The molecule has 1 aliphatic rings. The van der Waals surface area contributed by atoms with Crippen LogP contribution in [0.5, 0.6) is 0 Å². The molecule has 0 radical (unpaired) electrons. The van der Waals surface area contributed by atoms with Gasteiger partial charge in [-0.1, -0.05) is 32.4 Å². The van der Waals surface area contributed by atoms with Gasteiger partial charge in [-0.3, -0.25) is 0 Å². The number of aromatic nitrogens is 2. The van der Waals surface area contributed by atoms with Crippen LogP contribution >= 0.6 is 22.9 Å². The Hall–Kier alpha value is -0.493. The van der Waals surface area contributed by atoms with E-state index in [0.717, 1.165) is 29.7 Å². The summed E-state index contributed by atoms with van der Waals surface area (Å²) in [6, 6.07) is 0. The predicted octanol–water partition coefficient (Wildman–Crippen LogP) is 5.79. The smallest absolute Gasteiger partial charge is 0.191 e. The van der Waals surface area contributed by atoms with Crippen molar-refractivity contribution in [2.75, 3.05) is 6.61 Å². The topological polar surface area (TPSA) is 35.0 Å². The highest BCUT2D eigenvalue weighted by molar-refractivity contribution is 7.19. The van der Waals surface area contributed by atoms with E-state index in [1.165, 1.54) is 16.9 Å². The first kappa shape index (κ1) is 17.3. The molecule has 2 aromatic rings. The Morgan fingerprint density at radius 2 is 2.09 bits per heavy atom. The number of nitrogens with zero attached hydrogens (tertiary/aromatic N) is 2. The van der Waals surface area contributed by atoms with E-state index < -0.39 is 8.32 Å². The molecular formula is C17H25ClN2OSSi. The molecule has 0 N–H and O–H groups in total. The Kier molecular flexibility index (Phi) is 4.60. The third kappa shape index (κ3) is 3.21. The lowest BCUT2D eigenvalue weighted by atomic mass is 9.98. The first-order valence-electron chi connectivity index (χ1n) is 8.26. The molecule has 0 aliphatic heterocycles. The molecule has 3 rings (SSSR count). The Labute approximate surface area is 148 Å². The second-order valence-corrected chi connectivity index (χ2v) is 14.2. The molecule has 0 bridgehead atoms. The quantitative estimate of drug-likeness (QED) is 0.506. The van der Waals surface area contributed by atoms with Crippen LogP contribution in [0.15, 0.2) is 6.33 Å². The maximum Gasteiger partial charge on any atom is 0.191 e. The highest BCUT2D eigenvalue weighted by Gasteiger charge is 2.37. The van der Waals surface area contributed by atoms with Crippen LogP contribution in [0.4, 0.5) is 0 Å². The van der Waals surface area contributed by atoms with Gasteiger partial charge in [-0.2, -0.15) is 0 Å². The molecule has 0 spiro atoms. The van der Waals surface area contributed by atoms with Crippen molar-refractivity contribution >= 4 is 41.5 Å². The lowest BCUT2D eigenvalue weighted by Crippen LogP contribution is -2.41. The van der Waals surface area contributed by atoms with Gasteiger partial charge in [0.25, 0.3) is 0 Å². The molecule has 0 fully saturated rings. The number of hydrogen-bond donors (Lipinski definition) is 0. The van der Waals surface area contributed by atoms with Crippen molar-refractivity contribution in [3.63, 3.8) is 0 Å². The standard InChI is InChI=1S/C17H25ClN2OSSi/c1-17(2,3)23(4,5)21-9-8-11-6-7-12-13(11)14-15(18)19-10-20-16(14)22-12/h10-11H,6-9H2,1-5H3/t11-/m0/s1. The van der Waals surface area contributed by atoms with Crippen LogP contribution in [-0.4, -0.2) is 24.9 Å². The van der Waals surface area contributed by atoms with Crippen LogP contribution in [0.25, 0.3) is 10.2 Å². The molecule has 0 saturated heterocycles. The SMILES string of the molecule is CC(C)(C)[Si](C)(C)OCC[C@@H]1CCc2sc3ncnc(Cl)c3c21. The van der Waals surface area contributed by atoms with Crippen molar-refractivity contribution < 1.29 is 4.43 Å². The van der Waals surface area contributed by atoms with Gasteiger partial charge < -0.3 is 4.43 Å². The Bertz CT molecular complexity index is 723. The van der Waals surface area contributed by atoms with Gasteiger partial charge in [-0.25, -0.2) is 9.97 Å². The van der Waals surface area contributed by atoms with Crippen molar-refractivity contribution in [1.82, 2.24) is 9.97 Å². The van der Waals surface area contributed by atoms with E-state index >= 15 is 0 Å². The number of aryl methyl sites for hydroxylation is 1. The zero-order valence-corrected chi connectivity index (χ0v) is 17.1. The van der Waals surface area contributed by atoms with Crippen LogP contribution < -0.4 is 0 Å². The number of hydrogen-bond acceptors (Lipinski definition) is 4. The summed E-state index contributed by atoms with van der Waals surface area (Å²) in [5.74, 6) is 0.534. The minimum atomic E-state index is -1.67. The highest BCUT2D eigenvalue weighted by atomic mass is 35.5. The molecule has 2 heterocycles. The molecule has 0 aromatic carbocycles. The summed E-state index contributed by atoms with van der Waals surface area (Å²) in [6.07, 6.45) is 4.96. The van der Waals surface area contributed by atoms with E-state index in [0.29, 0.717) is 11.1 Å². The van der Waals surface area contributed by atoms with Gasteiger partial charge in [0.2, 0.25) is 0 Å². The van der Waals surface area contributed by atoms with Gasteiger partial charge in [0.15, 0.2) is 8.32 Å². The molecule has 3 nitrogen and oxygen atoms in total. The van der Waals surface area contributed by atoms with E-state index in [1.807, 2.05) is 0 Å². The third-order valence-corrected chi connectivity index (χ3v) is 11.4. The van der Waals surface area contributed by atoms with E-state index in [-0.39, 0.29) is 5.04 Å². The van der Waals surface area contributed by atoms with E-state index in [9.17, 15) is 0 Å². The summed E-state index contributed by atoms with van der Waals surface area (Å²) < 4.78 is 6.37. The van der Waals surface area contributed by atoms with Crippen molar-refractivity contribution in [2.45, 2.75) is 64.1 Å². The van der Waals surface area contributed by atoms with Gasteiger partial charge in [0.05, 0.1) is 5.39 Å². The molecule has 0 amide bonds. The molecule has 0 saturated carbocycles. The number of rotatable bonds is 4. The third-order valence-electron chi connectivity index (χ3n) is 5.42. The average Bonchev–Trinajstić information content (AvgIpc) is 2.97. The molecule has 126 valence electrons. The second-order valence-electron chi connectivity index (χ2n) is 7.92. The second kappa shape index (κ2) is 6.10. The molecule has 23 heavy (non-hydrogen) atoms. The fourth-order valence-corrected chi connectivity index (χ4v) is 5.59. The molecule has 6 heteroatoms. The lowest BCUT2D eigenvalue weighted by Gasteiger charge is -2.36. The molecule has 2 aromatic heterocycles. The van der Waals surface area contributed by atoms with Crippen molar-refractivity contribution in [1.29, 1.82) is 0 Å². The lowest BCUT2D eigenvalue weighted by molar-refractivity contribution is 0.271. The average molecular weight is 369 g/mol. The van der Waals surface area contributed by atoms with Crippen LogP contribution in [-0.2, 0) is 10.8 Å². The van der Waals surface area contributed by atoms with Crippen LogP contribution in [0, 0.1) is 0 Å². The monoisotopic (exact) mass is 368 g/mol. The number of fused-ring (bicyclic) bond motifs is 3. The molecule has 1 aliphatic carbocycles. The summed E-state index contributed by atoms with van der Waals surface area (Å²) in [6.45, 7) is 12.3. The summed E-state index contributed by atoms with van der Waals surface area (Å²) in [7, 11) is -1.67. The van der Waals surface area contributed by atoms with Crippen molar-refractivity contribution in [2.24, 2.45) is 0 Å². The zero-order valence-electron chi connectivity index (χ0n) is 14.6. The van der Waals surface area contributed by atoms with E-state index in [2.05, 4.69) is 43.8 Å². The first-order chi connectivity index (χ1) is 10.7. The van der Waals surface area contributed by atoms with Crippen LogP contribution in [0.2, 0.25) is 23.3 Å². The number of thiophene rings is 1. The van der Waals surface area contributed by atoms with Gasteiger partial charge in [-0.05, 0) is 48.9 Å². The summed E-state index contributed by atoms with van der Waals surface area (Å²) in [5.41, 5.74) is 1.40. The fraction of sp³-hybridized carbons (Fsp3) is 0.647. The van der Waals surface area contributed by atoms with Gasteiger partial charge in [0, 0.05) is 11.5 Å². The van der Waals surface area contributed by atoms with E-state index in [1.54, 1.807) is 17.7 Å². The zero-order chi connectivity index (χ0) is 16.8. The predicted molar refractivity (Wildman–Crippen MR) is 101 cm³/mol. The molecule has 1 atom stereocenters. The Morgan fingerprint density at radius 3 is 2.78 bits per heavy atom.